The van der Waals surface area contributed by atoms with E-state index in [2.05, 4.69) is 4.98 Å². The third-order valence-electron chi connectivity index (χ3n) is 6.62. The normalized spacial score (nSPS) is 14.7. The first-order valence-electron chi connectivity index (χ1n) is 11.1. The van der Waals surface area contributed by atoms with E-state index in [9.17, 15) is 4.79 Å². The molecule has 1 fully saturated rings. The fourth-order valence-corrected chi connectivity index (χ4v) is 4.87. The van der Waals surface area contributed by atoms with Crippen LogP contribution in [0.3, 0.4) is 0 Å². The number of methoxy groups -OCH3 is 3. The van der Waals surface area contributed by atoms with Gasteiger partial charge in [0.15, 0.2) is 11.5 Å². The lowest BCUT2D eigenvalue weighted by Crippen LogP contribution is -2.38. The molecule has 1 amide bonds. The van der Waals surface area contributed by atoms with Gasteiger partial charge in [0, 0.05) is 31.4 Å². The number of piperidine rings is 1. The molecule has 1 aliphatic rings. The number of benzene rings is 2. The molecule has 2 aromatic carbocycles. The number of H-pyrrole nitrogens is 1. The number of carbonyl (C=O) groups excluding carboxylic acids is 1. The van der Waals surface area contributed by atoms with E-state index in [0.29, 0.717) is 41.9 Å². The summed E-state index contributed by atoms with van der Waals surface area (Å²) in [5.74, 6) is 2.98. The van der Waals surface area contributed by atoms with Gasteiger partial charge < -0.3 is 28.7 Å². The highest BCUT2D eigenvalue weighted by atomic mass is 16.5. The molecule has 8 nitrogen and oxygen atoms in total. The summed E-state index contributed by atoms with van der Waals surface area (Å²) in [7, 11) is 6.64. The maximum absolute atomic E-state index is 13.5. The first-order valence-corrected chi connectivity index (χ1v) is 11.1. The highest BCUT2D eigenvalue weighted by molar-refractivity contribution is 6.01. The molecule has 0 aliphatic carbocycles. The molecule has 1 N–H and O–H groups in total. The maximum atomic E-state index is 13.5. The van der Waals surface area contributed by atoms with Gasteiger partial charge >= 0.3 is 0 Å². The van der Waals surface area contributed by atoms with Gasteiger partial charge in [-0.15, -0.1) is 0 Å². The SMILES string of the molecule is COc1cc2cc(C(=O)N3CCC(c4nc5ccccc5[nH]4)CC3)n(C)c2c(OC)c1OC. The lowest BCUT2D eigenvalue weighted by molar-refractivity contribution is 0.0702. The van der Waals surface area contributed by atoms with Crippen molar-refractivity contribution in [3.63, 3.8) is 0 Å². The summed E-state index contributed by atoms with van der Waals surface area (Å²) in [6.07, 6.45) is 1.75. The molecule has 172 valence electrons. The first kappa shape index (κ1) is 21.2. The van der Waals surface area contributed by atoms with Gasteiger partial charge in [-0.2, -0.15) is 0 Å². The van der Waals surface area contributed by atoms with E-state index in [-0.39, 0.29) is 5.91 Å². The number of imidazole rings is 1. The lowest BCUT2D eigenvalue weighted by atomic mass is 9.96. The summed E-state index contributed by atoms with van der Waals surface area (Å²) < 4.78 is 18.5. The maximum Gasteiger partial charge on any atom is 0.270 e. The molecule has 33 heavy (non-hydrogen) atoms. The van der Waals surface area contributed by atoms with Crippen molar-refractivity contribution in [1.82, 2.24) is 19.4 Å². The third-order valence-corrected chi connectivity index (χ3v) is 6.62. The predicted octanol–water partition coefficient (Wildman–Crippen LogP) is 4.10. The number of carbonyl (C=O) groups is 1. The molecule has 1 saturated heterocycles. The number of likely N-dealkylation sites (tertiary alicyclic amines) is 1. The fourth-order valence-electron chi connectivity index (χ4n) is 4.87. The van der Waals surface area contributed by atoms with Gasteiger partial charge in [-0.05, 0) is 37.1 Å². The Balaban J connectivity index is 1.39. The fraction of sp³-hybridized carbons (Fsp3) is 0.360. The summed E-state index contributed by atoms with van der Waals surface area (Å²) in [5, 5.41) is 0.868. The van der Waals surface area contributed by atoms with Crippen molar-refractivity contribution in [2.75, 3.05) is 34.4 Å². The molecular formula is C25H28N4O4. The summed E-state index contributed by atoms with van der Waals surface area (Å²) in [5.41, 5.74) is 3.46. The number of hydrogen-bond acceptors (Lipinski definition) is 5. The monoisotopic (exact) mass is 448 g/mol. The Kier molecular flexibility index (Phi) is 5.36. The average molecular weight is 449 g/mol. The Hall–Kier alpha value is -3.68. The minimum Gasteiger partial charge on any atom is -0.493 e. The zero-order chi connectivity index (χ0) is 23.1. The molecule has 1 aliphatic heterocycles. The van der Waals surface area contributed by atoms with Crippen LogP contribution in [0.25, 0.3) is 21.9 Å². The number of nitrogens with zero attached hydrogens (tertiary/aromatic N) is 3. The standard InChI is InChI=1S/C25H28N4O4/c1-28-19(13-16-14-20(31-2)22(32-3)23(33-4)21(16)28)25(30)29-11-9-15(10-12-29)24-26-17-7-5-6-8-18(17)27-24/h5-8,13-15H,9-12H2,1-4H3,(H,26,27). The Morgan fingerprint density at radius 3 is 2.42 bits per heavy atom. The van der Waals surface area contributed by atoms with E-state index in [1.807, 2.05) is 52.9 Å². The number of ether oxygens (including phenoxy) is 3. The molecular weight excluding hydrogens is 420 g/mol. The predicted molar refractivity (Wildman–Crippen MR) is 127 cm³/mol. The molecule has 2 aromatic heterocycles. The van der Waals surface area contributed by atoms with Crippen LogP contribution in [0.2, 0.25) is 0 Å². The van der Waals surface area contributed by atoms with Crippen LogP contribution >= 0.6 is 0 Å². The van der Waals surface area contributed by atoms with Crippen LogP contribution in [0.1, 0.15) is 35.1 Å². The van der Waals surface area contributed by atoms with Gasteiger partial charge in [-0.1, -0.05) is 12.1 Å². The molecule has 3 heterocycles. The quantitative estimate of drug-likeness (QED) is 0.497. The second-order valence-corrected chi connectivity index (χ2v) is 8.38. The van der Waals surface area contributed by atoms with E-state index in [0.717, 1.165) is 40.6 Å². The highest BCUT2D eigenvalue weighted by Gasteiger charge is 2.29. The number of para-hydroxylation sites is 2. The van der Waals surface area contributed by atoms with Crippen molar-refractivity contribution in [2.45, 2.75) is 18.8 Å². The van der Waals surface area contributed by atoms with Crippen molar-refractivity contribution >= 4 is 27.8 Å². The Morgan fingerprint density at radius 2 is 1.76 bits per heavy atom. The summed E-state index contributed by atoms with van der Waals surface area (Å²) in [4.78, 5) is 23.6. The second kappa shape index (κ2) is 8.35. The van der Waals surface area contributed by atoms with Crippen molar-refractivity contribution in [1.29, 1.82) is 0 Å². The minimum atomic E-state index is 0.0109. The van der Waals surface area contributed by atoms with Gasteiger partial charge in [0.25, 0.3) is 5.91 Å². The zero-order valence-corrected chi connectivity index (χ0v) is 19.3. The van der Waals surface area contributed by atoms with Gasteiger partial charge in [-0.3, -0.25) is 4.79 Å². The molecule has 0 spiro atoms. The highest BCUT2D eigenvalue weighted by Crippen LogP contribution is 2.44. The molecule has 5 rings (SSSR count). The Morgan fingerprint density at radius 1 is 1.03 bits per heavy atom. The summed E-state index contributed by atoms with van der Waals surface area (Å²) in [6, 6.07) is 11.8. The first-order chi connectivity index (χ1) is 16.0. The number of aromatic nitrogens is 3. The second-order valence-electron chi connectivity index (χ2n) is 8.38. The van der Waals surface area contributed by atoms with Crippen molar-refractivity contribution in [3.8, 4) is 17.2 Å². The Bertz CT molecular complexity index is 1300. The number of aryl methyl sites for hydroxylation is 1. The van der Waals surface area contributed by atoms with E-state index in [1.165, 1.54) is 0 Å². The van der Waals surface area contributed by atoms with Crippen molar-refractivity contribution in [3.05, 3.63) is 47.9 Å². The average Bonchev–Trinajstić information content (AvgIpc) is 3.43. The summed E-state index contributed by atoms with van der Waals surface area (Å²) >= 11 is 0. The van der Waals surface area contributed by atoms with E-state index >= 15 is 0 Å². The molecule has 0 atom stereocenters. The van der Waals surface area contributed by atoms with Crippen LogP contribution in [-0.4, -0.2) is 59.8 Å². The molecule has 0 unspecified atom stereocenters. The molecule has 0 bridgehead atoms. The van der Waals surface area contributed by atoms with Crippen LogP contribution in [0, 0.1) is 0 Å². The van der Waals surface area contributed by atoms with Crippen LogP contribution in [0.5, 0.6) is 17.2 Å². The number of hydrogen-bond donors (Lipinski definition) is 1. The molecule has 0 saturated carbocycles. The summed E-state index contributed by atoms with van der Waals surface area (Å²) in [6.45, 7) is 1.37. The van der Waals surface area contributed by atoms with Crippen LogP contribution < -0.4 is 14.2 Å². The zero-order valence-electron chi connectivity index (χ0n) is 19.3. The van der Waals surface area contributed by atoms with E-state index in [1.54, 1.807) is 21.3 Å². The topological polar surface area (TPSA) is 81.6 Å². The molecule has 4 aromatic rings. The van der Waals surface area contributed by atoms with E-state index in [4.69, 9.17) is 19.2 Å². The van der Waals surface area contributed by atoms with Crippen LogP contribution in [0.15, 0.2) is 36.4 Å². The van der Waals surface area contributed by atoms with Crippen LogP contribution in [0.4, 0.5) is 0 Å². The largest absolute Gasteiger partial charge is 0.493 e. The van der Waals surface area contributed by atoms with E-state index < -0.39 is 0 Å². The number of nitrogens with one attached hydrogen (secondary N) is 1. The third kappa shape index (κ3) is 3.46. The number of fused-ring (bicyclic) bond motifs is 2. The minimum absolute atomic E-state index is 0.0109. The van der Waals surface area contributed by atoms with Crippen molar-refractivity contribution in [2.24, 2.45) is 7.05 Å². The Labute approximate surface area is 192 Å². The van der Waals surface area contributed by atoms with Gasteiger partial charge in [0.1, 0.15) is 11.5 Å². The van der Waals surface area contributed by atoms with Crippen molar-refractivity contribution < 1.29 is 19.0 Å². The van der Waals surface area contributed by atoms with Gasteiger partial charge in [0.05, 0.1) is 37.9 Å². The number of amides is 1. The number of rotatable bonds is 5. The lowest BCUT2D eigenvalue weighted by Gasteiger charge is -2.31. The van der Waals surface area contributed by atoms with Gasteiger partial charge in [0.2, 0.25) is 5.75 Å². The van der Waals surface area contributed by atoms with Crippen LogP contribution in [-0.2, 0) is 7.05 Å². The van der Waals surface area contributed by atoms with Gasteiger partial charge in [-0.25, -0.2) is 4.98 Å². The molecule has 0 radical (unpaired) electrons. The smallest absolute Gasteiger partial charge is 0.270 e. The molecule has 8 heteroatoms. The number of aromatic amines is 1.